The number of esters is 1. The van der Waals surface area contributed by atoms with Gasteiger partial charge in [0.1, 0.15) is 0 Å². The molecule has 0 fully saturated rings. The number of para-hydroxylation sites is 1. The largest absolute Gasteiger partial charge is 0.452 e. The van der Waals surface area contributed by atoms with E-state index in [2.05, 4.69) is 10.6 Å². The number of amides is 2. The average molecular weight is 390 g/mol. The molecule has 7 nitrogen and oxygen atoms in total. The highest BCUT2D eigenvalue weighted by Crippen LogP contribution is 2.19. The zero-order chi connectivity index (χ0) is 20.0. The second kappa shape index (κ2) is 9.05. The Hall–Kier alpha value is -3.06. The van der Waals surface area contributed by atoms with E-state index in [1.807, 2.05) is 32.0 Å². The first-order valence-corrected chi connectivity index (χ1v) is 8.50. The summed E-state index contributed by atoms with van der Waals surface area (Å²) in [6, 6.07) is 10.0. The van der Waals surface area contributed by atoms with E-state index in [0.29, 0.717) is 10.7 Å². The summed E-state index contributed by atoms with van der Waals surface area (Å²) in [5.41, 5.74) is 8.49. The summed E-state index contributed by atoms with van der Waals surface area (Å²) in [5.74, 6) is -1.77. The molecule has 0 bridgehead atoms. The first kappa shape index (κ1) is 20.3. The van der Waals surface area contributed by atoms with Crippen LogP contribution in [0.25, 0.3) is 0 Å². The van der Waals surface area contributed by atoms with Crippen LogP contribution in [0.1, 0.15) is 21.5 Å². The predicted octanol–water partition coefficient (Wildman–Crippen LogP) is 2.45. The molecule has 4 N–H and O–H groups in total. The molecule has 0 aliphatic carbocycles. The smallest absolute Gasteiger partial charge is 0.340 e. The Kier molecular flexibility index (Phi) is 6.79. The molecule has 0 spiro atoms. The van der Waals surface area contributed by atoms with Gasteiger partial charge < -0.3 is 21.1 Å². The lowest BCUT2D eigenvalue weighted by atomic mass is 10.1. The van der Waals surface area contributed by atoms with Crippen LogP contribution >= 0.6 is 11.6 Å². The summed E-state index contributed by atoms with van der Waals surface area (Å²) in [6.45, 7) is 2.97. The van der Waals surface area contributed by atoms with E-state index in [0.717, 1.165) is 11.1 Å². The van der Waals surface area contributed by atoms with E-state index >= 15 is 0 Å². The molecule has 2 aromatic carbocycles. The van der Waals surface area contributed by atoms with E-state index in [9.17, 15) is 14.4 Å². The number of nitrogens with two attached hydrogens (primary N) is 1. The molecule has 2 aromatic rings. The minimum absolute atomic E-state index is 0.0723. The first-order valence-electron chi connectivity index (χ1n) is 8.13. The second-order valence-electron chi connectivity index (χ2n) is 5.90. The third-order valence-electron chi connectivity index (χ3n) is 3.76. The Morgan fingerprint density at radius 3 is 2.41 bits per heavy atom. The zero-order valence-electron chi connectivity index (χ0n) is 15.0. The fraction of sp³-hybridized carbons (Fsp3) is 0.211. The Labute approximate surface area is 161 Å². The minimum Gasteiger partial charge on any atom is -0.452 e. The van der Waals surface area contributed by atoms with E-state index in [1.54, 1.807) is 0 Å². The number of aryl methyl sites for hydroxylation is 2. The van der Waals surface area contributed by atoms with Crippen molar-refractivity contribution in [1.29, 1.82) is 0 Å². The molecular weight excluding hydrogens is 370 g/mol. The van der Waals surface area contributed by atoms with Crippen molar-refractivity contribution in [3.8, 4) is 0 Å². The SMILES string of the molecule is Cc1cccc(C)c1NC(=O)CNC(=O)COC(=O)c1cc(Cl)ccc1N. The molecule has 0 radical (unpaired) electrons. The number of rotatable bonds is 6. The van der Waals surface area contributed by atoms with E-state index in [-0.39, 0.29) is 23.7 Å². The Morgan fingerprint density at radius 2 is 1.74 bits per heavy atom. The van der Waals surface area contributed by atoms with Crippen molar-refractivity contribution in [2.75, 3.05) is 24.2 Å². The van der Waals surface area contributed by atoms with Crippen LogP contribution in [0.2, 0.25) is 5.02 Å². The third kappa shape index (κ3) is 5.72. The number of carbonyl (C=O) groups is 3. The molecule has 8 heteroatoms. The van der Waals surface area contributed by atoms with Gasteiger partial charge in [0, 0.05) is 16.4 Å². The molecule has 0 aromatic heterocycles. The number of carbonyl (C=O) groups excluding carboxylic acids is 3. The number of nitrogen functional groups attached to an aromatic ring is 1. The maximum absolute atomic E-state index is 12.0. The van der Waals surface area contributed by atoms with Gasteiger partial charge in [0.15, 0.2) is 6.61 Å². The van der Waals surface area contributed by atoms with Gasteiger partial charge in [0.25, 0.3) is 5.91 Å². The molecule has 0 aliphatic rings. The van der Waals surface area contributed by atoms with Gasteiger partial charge in [-0.15, -0.1) is 0 Å². The van der Waals surface area contributed by atoms with Crippen molar-refractivity contribution in [3.63, 3.8) is 0 Å². The fourth-order valence-electron chi connectivity index (χ4n) is 2.34. The highest BCUT2D eigenvalue weighted by molar-refractivity contribution is 6.31. The molecule has 142 valence electrons. The summed E-state index contributed by atoms with van der Waals surface area (Å²) < 4.78 is 4.89. The molecule has 0 saturated carbocycles. The van der Waals surface area contributed by atoms with Gasteiger partial charge in [-0.3, -0.25) is 9.59 Å². The zero-order valence-corrected chi connectivity index (χ0v) is 15.7. The van der Waals surface area contributed by atoms with Gasteiger partial charge in [0.2, 0.25) is 5.91 Å². The van der Waals surface area contributed by atoms with Gasteiger partial charge in [-0.05, 0) is 43.2 Å². The highest BCUT2D eigenvalue weighted by atomic mass is 35.5. The molecule has 0 atom stereocenters. The summed E-state index contributed by atoms with van der Waals surface area (Å²) in [4.78, 5) is 35.8. The lowest BCUT2D eigenvalue weighted by Crippen LogP contribution is -2.35. The Balaban J connectivity index is 1.81. The van der Waals surface area contributed by atoms with Gasteiger partial charge in [-0.25, -0.2) is 4.79 Å². The minimum atomic E-state index is -0.773. The topological polar surface area (TPSA) is 111 Å². The van der Waals surface area contributed by atoms with Gasteiger partial charge in [-0.2, -0.15) is 0 Å². The lowest BCUT2D eigenvalue weighted by molar-refractivity contribution is -0.126. The van der Waals surface area contributed by atoms with E-state index in [4.69, 9.17) is 22.1 Å². The quantitative estimate of drug-likeness (QED) is 0.519. The van der Waals surface area contributed by atoms with Crippen molar-refractivity contribution in [2.45, 2.75) is 13.8 Å². The van der Waals surface area contributed by atoms with Crippen molar-refractivity contribution < 1.29 is 19.1 Å². The van der Waals surface area contributed by atoms with E-state index in [1.165, 1.54) is 18.2 Å². The van der Waals surface area contributed by atoms with Gasteiger partial charge >= 0.3 is 5.97 Å². The number of ether oxygens (including phenoxy) is 1. The van der Waals surface area contributed by atoms with Crippen LogP contribution in [0.5, 0.6) is 0 Å². The van der Waals surface area contributed by atoms with Crippen LogP contribution in [-0.2, 0) is 14.3 Å². The average Bonchev–Trinajstić information content (AvgIpc) is 2.63. The number of hydrogen-bond donors (Lipinski definition) is 3. The van der Waals surface area contributed by atoms with Crippen LogP contribution in [0.4, 0.5) is 11.4 Å². The van der Waals surface area contributed by atoms with Crippen LogP contribution in [0.3, 0.4) is 0 Å². The maximum Gasteiger partial charge on any atom is 0.340 e. The maximum atomic E-state index is 12.0. The molecule has 0 heterocycles. The van der Waals surface area contributed by atoms with Crippen LogP contribution in [-0.4, -0.2) is 30.9 Å². The highest BCUT2D eigenvalue weighted by Gasteiger charge is 2.15. The number of hydrogen-bond acceptors (Lipinski definition) is 5. The lowest BCUT2D eigenvalue weighted by Gasteiger charge is -2.12. The molecule has 2 amide bonds. The monoisotopic (exact) mass is 389 g/mol. The normalized spacial score (nSPS) is 10.2. The van der Waals surface area contributed by atoms with E-state index < -0.39 is 18.5 Å². The predicted molar refractivity (Wildman–Crippen MR) is 104 cm³/mol. The number of nitrogens with one attached hydrogen (secondary N) is 2. The molecule has 0 aliphatic heterocycles. The van der Waals surface area contributed by atoms with Crippen molar-refractivity contribution in [2.24, 2.45) is 0 Å². The first-order chi connectivity index (χ1) is 12.8. The van der Waals surface area contributed by atoms with Crippen molar-refractivity contribution in [1.82, 2.24) is 5.32 Å². The molecule has 27 heavy (non-hydrogen) atoms. The Morgan fingerprint density at radius 1 is 1.07 bits per heavy atom. The summed E-state index contributed by atoms with van der Waals surface area (Å²) >= 11 is 5.81. The van der Waals surface area contributed by atoms with Crippen molar-refractivity contribution in [3.05, 3.63) is 58.1 Å². The molecular formula is C19H20ClN3O4. The van der Waals surface area contributed by atoms with Crippen LogP contribution in [0.15, 0.2) is 36.4 Å². The van der Waals surface area contributed by atoms with Crippen molar-refractivity contribution >= 4 is 40.8 Å². The summed E-state index contributed by atoms with van der Waals surface area (Å²) in [5, 5.41) is 5.46. The number of anilines is 2. The molecule has 2 rings (SSSR count). The van der Waals surface area contributed by atoms with Gasteiger partial charge in [0.05, 0.1) is 12.1 Å². The molecule has 0 saturated heterocycles. The number of halogens is 1. The standard InChI is InChI=1S/C19H20ClN3O4/c1-11-4-3-5-12(2)18(11)23-16(24)9-22-17(25)10-27-19(26)14-8-13(20)6-7-15(14)21/h3-8H,9-10,21H2,1-2H3,(H,22,25)(H,23,24). The Bertz CT molecular complexity index is 863. The second-order valence-corrected chi connectivity index (χ2v) is 6.34. The fourth-order valence-corrected chi connectivity index (χ4v) is 2.51. The number of benzene rings is 2. The molecule has 0 unspecified atom stereocenters. The third-order valence-corrected chi connectivity index (χ3v) is 4.00. The summed E-state index contributed by atoms with van der Waals surface area (Å²) in [6.07, 6.45) is 0. The van der Waals surface area contributed by atoms with Crippen LogP contribution < -0.4 is 16.4 Å². The van der Waals surface area contributed by atoms with Gasteiger partial charge in [-0.1, -0.05) is 29.8 Å². The summed E-state index contributed by atoms with van der Waals surface area (Å²) in [7, 11) is 0. The van der Waals surface area contributed by atoms with Crippen LogP contribution in [0, 0.1) is 13.8 Å².